The van der Waals surface area contributed by atoms with Crippen molar-refractivity contribution in [1.82, 2.24) is 4.90 Å². The Labute approximate surface area is 258 Å². The first-order valence-electron chi connectivity index (χ1n) is 13.4. The Balaban J connectivity index is 1.96. The summed E-state index contributed by atoms with van der Waals surface area (Å²) in [5.41, 5.74) is -2.64. The number of anilines is 1. The van der Waals surface area contributed by atoms with Crippen molar-refractivity contribution in [2.75, 3.05) is 19.5 Å². The van der Waals surface area contributed by atoms with Crippen LogP contribution >= 0.6 is 23.2 Å². The maximum atomic E-state index is 15.9. The molecule has 0 saturated carbocycles. The number of nitriles is 1. The molecule has 11 heteroatoms. The largest absolute Gasteiger partial charge is 0.465 e. The van der Waals surface area contributed by atoms with Gasteiger partial charge >= 0.3 is 5.97 Å². The predicted molar refractivity (Wildman–Crippen MR) is 159 cm³/mol. The van der Waals surface area contributed by atoms with Crippen LogP contribution in [-0.2, 0) is 14.9 Å². The lowest BCUT2D eigenvalue weighted by Crippen LogP contribution is -2.45. The van der Waals surface area contributed by atoms with Crippen LogP contribution in [0.1, 0.15) is 54.6 Å². The molecule has 0 aromatic heterocycles. The molecule has 0 spiro atoms. The van der Waals surface area contributed by atoms with Crippen molar-refractivity contribution in [3.63, 3.8) is 0 Å². The third-order valence-corrected chi connectivity index (χ3v) is 8.38. The smallest absolute Gasteiger partial charge is 0.340 e. The summed E-state index contributed by atoms with van der Waals surface area (Å²) in [5, 5.41) is 13.5. The van der Waals surface area contributed by atoms with E-state index in [0.29, 0.717) is 6.42 Å². The average molecular weight is 633 g/mol. The van der Waals surface area contributed by atoms with E-state index in [0.717, 1.165) is 25.3 Å². The van der Waals surface area contributed by atoms with Crippen LogP contribution in [0.4, 0.5) is 18.9 Å². The topological polar surface area (TPSA) is 82.4 Å². The molecule has 3 aromatic carbocycles. The number of rotatable bonds is 6. The van der Waals surface area contributed by atoms with Crippen molar-refractivity contribution in [2.24, 2.45) is 5.41 Å². The average Bonchev–Trinajstić information content (AvgIpc) is 3.16. The standard InChI is InChI=1S/C32H30Cl2F3N3O3/c1-31(2,3)15-25-32(16-38,21-12-9-17(33)13-24(21)36)26(20-7-6-8-22(34)27(20)37)28(40(25)4)29(41)39-18-10-11-19(23(35)14-18)30(42)43-5/h6-14,25-26,28H,15H2,1-5H3,(H,39,41)/t25-,26-,28+,32-/m0/s1. The van der Waals surface area contributed by atoms with Crippen LogP contribution in [0.15, 0.2) is 54.6 Å². The number of ether oxygens (including phenoxy) is 1. The summed E-state index contributed by atoms with van der Waals surface area (Å²) in [4.78, 5) is 27.6. The van der Waals surface area contributed by atoms with Gasteiger partial charge in [0.1, 0.15) is 22.9 Å². The second-order valence-corrected chi connectivity index (χ2v) is 12.6. The molecule has 0 bridgehead atoms. The van der Waals surface area contributed by atoms with Crippen molar-refractivity contribution in [1.29, 1.82) is 5.26 Å². The van der Waals surface area contributed by atoms with Gasteiger partial charge in [-0.2, -0.15) is 5.26 Å². The number of amides is 1. The lowest BCUT2D eigenvalue weighted by molar-refractivity contribution is -0.120. The minimum atomic E-state index is -1.80. The van der Waals surface area contributed by atoms with Crippen molar-refractivity contribution in [2.45, 2.75) is 50.6 Å². The van der Waals surface area contributed by atoms with Crippen LogP contribution in [0.5, 0.6) is 0 Å². The van der Waals surface area contributed by atoms with Crippen LogP contribution in [0.2, 0.25) is 10.0 Å². The first-order valence-corrected chi connectivity index (χ1v) is 14.1. The van der Waals surface area contributed by atoms with Gasteiger partial charge in [0.25, 0.3) is 0 Å². The highest BCUT2D eigenvalue weighted by atomic mass is 35.5. The molecule has 1 N–H and O–H groups in total. The Hall–Kier alpha value is -3.58. The zero-order valence-electron chi connectivity index (χ0n) is 24.1. The van der Waals surface area contributed by atoms with E-state index < -0.39 is 58.2 Å². The van der Waals surface area contributed by atoms with Crippen molar-refractivity contribution < 1.29 is 27.5 Å². The van der Waals surface area contributed by atoms with Crippen molar-refractivity contribution in [3.8, 4) is 6.07 Å². The fourth-order valence-electron chi connectivity index (χ4n) is 6.06. The molecule has 1 aliphatic rings. The minimum Gasteiger partial charge on any atom is -0.465 e. The van der Waals surface area contributed by atoms with Gasteiger partial charge in [0, 0.05) is 28.2 Å². The second kappa shape index (κ2) is 12.2. The molecule has 43 heavy (non-hydrogen) atoms. The highest BCUT2D eigenvalue weighted by molar-refractivity contribution is 6.31. The van der Waals surface area contributed by atoms with Gasteiger partial charge in [-0.3, -0.25) is 9.69 Å². The van der Waals surface area contributed by atoms with E-state index in [2.05, 4.69) is 16.1 Å². The number of hydrogen-bond donors (Lipinski definition) is 1. The van der Waals surface area contributed by atoms with E-state index in [4.69, 9.17) is 23.2 Å². The lowest BCUT2D eigenvalue weighted by Gasteiger charge is -2.38. The van der Waals surface area contributed by atoms with E-state index in [1.54, 1.807) is 11.9 Å². The van der Waals surface area contributed by atoms with E-state index in [1.807, 2.05) is 20.8 Å². The number of carbonyl (C=O) groups is 2. The molecule has 1 aliphatic heterocycles. The van der Waals surface area contributed by atoms with Crippen LogP contribution < -0.4 is 5.32 Å². The van der Waals surface area contributed by atoms with E-state index in [1.165, 1.54) is 36.4 Å². The van der Waals surface area contributed by atoms with Gasteiger partial charge in [-0.05, 0) is 60.8 Å². The predicted octanol–water partition coefficient (Wildman–Crippen LogP) is 7.50. The molecule has 1 amide bonds. The number of likely N-dealkylation sites (N-methyl/N-ethyl adjacent to an activating group) is 1. The van der Waals surface area contributed by atoms with E-state index >= 15 is 8.78 Å². The molecule has 0 radical (unpaired) electrons. The summed E-state index contributed by atoms with van der Waals surface area (Å²) in [7, 11) is 2.73. The van der Waals surface area contributed by atoms with E-state index in [9.17, 15) is 19.2 Å². The van der Waals surface area contributed by atoms with Crippen LogP contribution in [0.25, 0.3) is 0 Å². The zero-order chi connectivity index (χ0) is 31.9. The Morgan fingerprint density at radius 3 is 2.35 bits per heavy atom. The van der Waals surface area contributed by atoms with Crippen LogP contribution in [-0.4, -0.2) is 43.0 Å². The van der Waals surface area contributed by atoms with Gasteiger partial charge in [0.2, 0.25) is 5.91 Å². The molecule has 0 aliphatic carbocycles. The molecular weight excluding hydrogens is 602 g/mol. The number of esters is 1. The van der Waals surface area contributed by atoms with E-state index in [-0.39, 0.29) is 32.4 Å². The van der Waals surface area contributed by atoms with Crippen LogP contribution in [0, 0.1) is 34.2 Å². The molecule has 4 rings (SSSR count). The number of nitrogens with one attached hydrogen (secondary N) is 1. The third kappa shape index (κ3) is 5.97. The van der Waals surface area contributed by atoms with Gasteiger partial charge in [0.05, 0.1) is 29.8 Å². The maximum absolute atomic E-state index is 15.9. The van der Waals surface area contributed by atoms with Gasteiger partial charge in [-0.15, -0.1) is 0 Å². The normalized spacial score (nSPS) is 22.2. The van der Waals surface area contributed by atoms with Crippen LogP contribution in [0.3, 0.4) is 0 Å². The SMILES string of the molecule is COC(=O)c1ccc(NC(=O)[C@H]2[C@H](c3cccc(Cl)c3F)[C@@](C#N)(c3ccc(Cl)cc3F)[C@H](CC(C)(C)C)N2C)cc1F. The Bertz CT molecular complexity index is 1620. The number of hydrogen-bond acceptors (Lipinski definition) is 5. The first-order chi connectivity index (χ1) is 20.2. The summed E-state index contributed by atoms with van der Waals surface area (Å²) in [5.74, 6) is -5.43. The number of methoxy groups -OCH3 is 1. The molecule has 1 heterocycles. The maximum Gasteiger partial charge on any atom is 0.340 e. The monoisotopic (exact) mass is 631 g/mol. The fourth-order valence-corrected chi connectivity index (χ4v) is 6.41. The number of carbonyl (C=O) groups excluding carboxylic acids is 2. The quantitative estimate of drug-likeness (QED) is 0.285. The molecule has 6 nitrogen and oxygen atoms in total. The number of benzene rings is 3. The third-order valence-electron chi connectivity index (χ3n) is 7.86. The van der Waals surface area contributed by atoms with Gasteiger partial charge in [-0.25, -0.2) is 18.0 Å². The van der Waals surface area contributed by atoms with Gasteiger partial charge < -0.3 is 10.1 Å². The van der Waals surface area contributed by atoms with Crippen molar-refractivity contribution >= 4 is 40.8 Å². The molecule has 4 atom stereocenters. The summed E-state index contributed by atoms with van der Waals surface area (Å²) < 4.78 is 51.0. The number of halogens is 5. The summed E-state index contributed by atoms with van der Waals surface area (Å²) >= 11 is 12.3. The van der Waals surface area contributed by atoms with Gasteiger partial charge in [0.15, 0.2) is 0 Å². The fraction of sp³-hybridized carbons (Fsp3) is 0.344. The highest BCUT2D eigenvalue weighted by Crippen LogP contribution is 2.56. The van der Waals surface area contributed by atoms with Gasteiger partial charge in [-0.1, -0.05) is 62.2 Å². The number of likely N-dealkylation sites (tertiary alicyclic amines) is 1. The molecule has 3 aromatic rings. The summed E-state index contributed by atoms with van der Waals surface area (Å²) in [6.45, 7) is 5.82. The number of nitrogens with zero attached hydrogens (tertiary/aromatic N) is 2. The highest BCUT2D eigenvalue weighted by Gasteiger charge is 2.63. The zero-order valence-corrected chi connectivity index (χ0v) is 25.7. The Morgan fingerprint density at radius 2 is 1.77 bits per heavy atom. The molecule has 1 fully saturated rings. The Kier molecular flexibility index (Phi) is 9.17. The molecule has 226 valence electrons. The first kappa shape index (κ1) is 32.3. The van der Waals surface area contributed by atoms with Crippen molar-refractivity contribution in [3.05, 3.63) is 98.8 Å². The molecular formula is C32H30Cl2F3N3O3. The molecule has 0 unspecified atom stereocenters. The summed E-state index contributed by atoms with van der Waals surface area (Å²) in [6.07, 6.45) is 0.310. The summed E-state index contributed by atoms with van der Waals surface area (Å²) in [6, 6.07) is 11.9. The molecule has 1 saturated heterocycles. The Morgan fingerprint density at radius 1 is 1.07 bits per heavy atom. The second-order valence-electron chi connectivity index (χ2n) is 11.8. The minimum absolute atomic E-state index is 0.00775. The lowest BCUT2D eigenvalue weighted by atomic mass is 9.62.